The van der Waals surface area contributed by atoms with Gasteiger partial charge in [0.1, 0.15) is 18.0 Å². The van der Waals surface area contributed by atoms with Crippen LogP contribution in [-0.2, 0) is 19.0 Å². The summed E-state index contributed by atoms with van der Waals surface area (Å²) >= 11 is 0. The molecule has 1 aromatic carbocycles. The lowest BCUT2D eigenvalue weighted by Gasteiger charge is -2.30. The molecule has 8 heteroatoms. The van der Waals surface area contributed by atoms with Gasteiger partial charge in [0.05, 0.1) is 25.9 Å². The molecule has 3 unspecified atom stereocenters. The zero-order valence-electron chi connectivity index (χ0n) is 24.2. The highest BCUT2D eigenvalue weighted by atomic mass is 19.1. The number of carbonyl (C=O) groups is 1. The van der Waals surface area contributed by atoms with Crippen molar-refractivity contribution in [2.24, 2.45) is 0 Å². The molecule has 0 radical (unpaired) electrons. The van der Waals surface area contributed by atoms with Crippen molar-refractivity contribution in [1.82, 2.24) is 10.2 Å². The van der Waals surface area contributed by atoms with E-state index in [9.17, 15) is 14.3 Å². The van der Waals surface area contributed by atoms with Crippen molar-refractivity contribution >= 4 is 5.97 Å². The third kappa shape index (κ3) is 8.26. The van der Waals surface area contributed by atoms with Crippen LogP contribution in [0.15, 0.2) is 52.8 Å². The minimum absolute atomic E-state index is 0.0374. The van der Waals surface area contributed by atoms with Crippen molar-refractivity contribution in [2.75, 3.05) is 46.1 Å². The van der Waals surface area contributed by atoms with Crippen molar-refractivity contribution in [1.29, 1.82) is 0 Å². The maximum atomic E-state index is 14.3. The summed E-state index contributed by atoms with van der Waals surface area (Å²) in [6, 6.07) is 3.35. The molecule has 2 fully saturated rings. The van der Waals surface area contributed by atoms with Gasteiger partial charge in [-0.05, 0) is 93.7 Å². The minimum atomic E-state index is -0.999. The number of ether oxygens (including phenoxy) is 3. The molecule has 1 aromatic rings. The molecular weight excluding hydrogens is 511 g/mol. The Bertz CT molecular complexity index is 1100. The number of carboxylic acid groups (broad SMARTS) is 1. The smallest absolute Gasteiger partial charge is 0.325 e. The predicted molar refractivity (Wildman–Crippen MR) is 154 cm³/mol. The van der Waals surface area contributed by atoms with E-state index in [1.807, 2.05) is 4.90 Å². The number of likely N-dealkylation sites (tertiary alicyclic amines) is 1. The molecule has 3 atom stereocenters. The largest absolute Gasteiger partial charge is 0.480 e. The van der Waals surface area contributed by atoms with Crippen molar-refractivity contribution in [2.45, 2.75) is 77.5 Å². The average molecular weight is 557 g/mol. The first kappa shape index (κ1) is 30.4. The molecule has 2 saturated heterocycles. The number of unbranched alkanes of at least 4 members (excludes halogenated alkanes) is 1. The lowest BCUT2D eigenvalue weighted by molar-refractivity contribution is -0.143. The van der Waals surface area contributed by atoms with E-state index in [-0.39, 0.29) is 6.10 Å². The van der Waals surface area contributed by atoms with E-state index >= 15 is 0 Å². The van der Waals surface area contributed by atoms with Crippen LogP contribution in [-0.4, -0.2) is 68.1 Å². The molecule has 0 aromatic heterocycles. The molecule has 0 spiro atoms. The maximum absolute atomic E-state index is 14.3. The number of rotatable bonds is 12. The van der Waals surface area contributed by atoms with E-state index in [1.165, 1.54) is 41.0 Å². The number of nitrogens with one attached hydrogen (secondary N) is 1. The van der Waals surface area contributed by atoms with E-state index < -0.39 is 23.9 Å². The summed E-state index contributed by atoms with van der Waals surface area (Å²) < 4.78 is 31.8. The standard InChI is InChI=1S/C32H45FN2O5/c1-22(2)24(9-10-25-8-6-14-34-23(25)3)7-4-5-16-39-27-13-15-35(20-27)31(32(36)37)29-19-26(33)11-12-28(29)30-21-38-17-18-40-30/h9-12,19,27,30-31,34H,4-8,13-18,20-21H2,1-3H3,(H,36,37)/b10-9-. The van der Waals surface area contributed by atoms with Gasteiger partial charge in [-0.2, -0.15) is 0 Å². The molecule has 220 valence electrons. The second-order valence-corrected chi connectivity index (χ2v) is 11.2. The van der Waals surface area contributed by atoms with Gasteiger partial charge >= 0.3 is 5.97 Å². The van der Waals surface area contributed by atoms with Gasteiger partial charge in [0.2, 0.25) is 0 Å². The zero-order chi connectivity index (χ0) is 28.5. The van der Waals surface area contributed by atoms with Crippen LogP contribution in [0, 0.1) is 5.82 Å². The van der Waals surface area contributed by atoms with Crippen LogP contribution in [0.3, 0.4) is 0 Å². The minimum Gasteiger partial charge on any atom is -0.480 e. The number of nitrogens with zero attached hydrogens (tertiary/aromatic N) is 1. The van der Waals surface area contributed by atoms with Gasteiger partial charge < -0.3 is 24.6 Å². The van der Waals surface area contributed by atoms with E-state index in [0.29, 0.717) is 50.6 Å². The molecule has 3 aliphatic heterocycles. The summed E-state index contributed by atoms with van der Waals surface area (Å²) in [4.78, 5) is 14.3. The molecule has 0 saturated carbocycles. The first-order valence-electron chi connectivity index (χ1n) is 14.7. The van der Waals surface area contributed by atoms with Crippen LogP contribution >= 0.6 is 0 Å². The fourth-order valence-corrected chi connectivity index (χ4v) is 5.79. The Hall–Kier alpha value is -2.52. The Labute approximate surface area is 238 Å². The summed E-state index contributed by atoms with van der Waals surface area (Å²) in [6.45, 7) is 10.5. The van der Waals surface area contributed by atoms with Crippen LogP contribution in [0.4, 0.5) is 4.39 Å². The second-order valence-electron chi connectivity index (χ2n) is 11.2. The fourth-order valence-electron chi connectivity index (χ4n) is 5.79. The SMILES string of the molecule is CC(C)=C(/C=C\C1=C(C)NCCC1)CCCCOC1CCN(C(C(=O)O)c2cc(F)ccc2C2COCCO2)C1. The lowest BCUT2D eigenvalue weighted by Crippen LogP contribution is -2.35. The highest BCUT2D eigenvalue weighted by molar-refractivity contribution is 5.76. The number of benzene rings is 1. The number of hydrogen-bond donors (Lipinski definition) is 2. The molecule has 7 nitrogen and oxygen atoms in total. The molecule has 0 bridgehead atoms. The van der Waals surface area contributed by atoms with Gasteiger partial charge in [0.25, 0.3) is 0 Å². The monoisotopic (exact) mass is 556 g/mol. The van der Waals surface area contributed by atoms with Crippen LogP contribution in [0.1, 0.15) is 82.6 Å². The van der Waals surface area contributed by atoms with E-state index in [4.69, 9.17) is 14.2 Å². The van der Waals surface area contributed by atoms with Crippen molar-refractivity contribution in [3.63, 3.8) is 0 Å². The van der Waals surface area contributed by atoms with Gasteiger partial charge in [-0.25, -0.2) is 4.39 Å². The Kier molecular flexibility index (Phi) is 11.4. The molecule has 2 N–H and O–H groups in total. The predicted octanol–water partition coefficient (Wildman–Crippen LogP) is 5.85. The highest BCUT2D eigenvalue weighted by Crippen LogP contribution is 2.34. The molecule has 0 aliphatic carbocycles. The average Bonchev–Trinajstić information content (AvgIpc) is 3.39. The van der Waals surface area contributed by atoms with Gasteiger partial charge in [-0.1, -0.05) is 23.8 Å². The van der Waals surface area contributed by atoms with E-state index in [0.717, 1.165) is 38.6 Å². The summed E-state index contributed by atoms with van der Waals surface area (Å²) in [7, 11) is 0. The van der Waals surface area contributed by atoms with Crippen molar-refractivity contribution in [3.05, 3.63) is 69.7 Å². The van der Waals surface area contributed by atoms with Gasteiger partial charge in [-0.3, -0.25) is 9.69 Å². The molecular formula is C32H45FN2O5. The van der Waals surface area contributed by atoms with Crippen LogP contribution in [0.5, 0.6) is 0 Å². The van der Waals surface area contributed by atoms with E-state index in [1.54, 1.807) is 6.07 Å². The Morgan fingerprint density at radius 2 is 2.15 bits per heavy atom. The topological polar surface area (TPSA) is 80.3 Å². The zero-order valence-corrected chi connectivity index (χ0v) is 24.2. The number of aliphatic carboxylic acids is 1. The number of carboxylic acids is 1. The summed E-state index contributed by atoms with van der Waals surface area (Å²) in [5.74, 6) is -1.46. The van der Waals surface area contributed by atoms with Gasteiger partial charge in [0, 0.05) is 31.9 Å². The first-order valence-corrected chi connectivity index (χ1v) is 14.7. The molecule has 3 aliphatic rings. The Morgan fingerprint density at radius 3 is 2.88 bits per heavy atom. The summed E-state index contributed by atoms with van der Waals surface area (Å²) in [5, 5.41) is 13.6. The van der Waals surface area contributed by atoms with Gasteiger partial charge in [-0.15, -0.1) is 0 Å². The third-order valence-electron chi connectivity index (χ3n) is 8.10. The molecule has 4 rings (SSSR count). The van der Waals surface area contributed by atoms with Crippen molar-refractivity contribution in [3.8, 4) is 0 Å². The Morgan fingerprint density at radius 1 is 1.30 bits per heavy atom. The number of halogens is 1. The van der Waals surface area contributed by atoms with Crippen molar-refractivity contribution < 1.29 is 28.5 Å². The van der Waals surface area contributed by atoms with Crippen LogP contribution in [0.25, 0.3) is 0 Å². The second kappa shape index (κ2) is 14.9. The summed E-state index contributed by atoms with van der Waals surface area (Å²) in [5.41, 5.74) is 6.50. The van der Waals surface area contributed by atoms with E-state index in [2.05, 4.69) is 38.2 Å². The first-order chi connectivity index (χ1) is 19.3. The third-order valence-corrected chi connectivity index (χ3v) is 8.10. The number of hydrogen-bond acceptors (Lipinski definition) is 6. The molecule has 40 heavy (non-hydrogen) atoms. The quantitative estimate of drug-likeness (QED) is 0.247. The van der Waals surface area contributed by atoms with Crippen LogP contribution < -0.4 is 5.32 Å². The normalized spacial score (nSPS) is 22.9. The van der Waals surface area contributed by atoms with Gasteiger partial charge in [0.15, 0.2) is 0 Å². The lowest BCUT2D eigenvalue weighted by atomic mass is 9.95. The maximum Gasteiger partial charge on any atom is 0.325 e. The number of allylic oxidation sites excluding steroid dienone is 6. The molecule has 0 amide bonds. The highest BCUT2D eigenvalue weighted by Gasteiger charge is 2.37. The summed E-state index contributed by atoms with van der Waals surface area (Å²) in [6.07, 6.45) is 10.1. The fraction of sp³-hybridized carbons (Fsp3) is 0.594. The molecule has 3 heterocycles. The van der Waals surface area contributed by atoms with Crippen LogP contribution in [0.2, 0.25) is 0 Å². The Balaban J connectivity index is 1.28.